The number of benzene rings is 4. The molecule has 0 amide bonds. The van der Waals surface area contributed by atoms with Crippen LogP contribution >= 0.6 is 11.6 Å². The number of carbonyl (C=O) groups is 1. The zero-order valence-electron chi connectivity index (χ0n) is 32.1. The van der Waals surface area contributed by atoms with Gasteiger partial charge in [-0.05, 0) is 135 Å². The summed E-state index contributed by atoms with van der Waals surface area (Å²) in [5, 5.41) is 26.0. The van der Waals surface area contributed by atoms with E-state index in [1.165, 1.54) is 48.5 Å². The van der Waals surface area contributed by atoms with E-state index in [-0.39, 0.29) is 139 Å². The molecule has 8 aromatic rings. The normalized spacial score (nSPS) is 9.79. The fourth-order valence-corrected chi connectivity index (χ4v) is 5.07. The molecule has 0 unspecified atom stereocenters. The van der Waals surface area contributed by atoms with Gasteiger partial charge in [-0.2, -0.15) is 4.98 Å². The summed E-state index contributed by atoms with van der Waals surface area (Å²) in [6.45, 7) is 3.88. The third-order valence-corrected chi connectivity index (χ3v) is 7.39. The molecule has 0 aliphatic heterocycles. The van der Waals surface area contributed by atoms with Gasteiger partial charge in [-0.3, -0.25) is 4.79 Å². The van der Waals surface area contributed by atoms with Gasteiger partial charge in [-0.15, -0.1) is 0 Å². The fourth-order valence-electron chi connectivity index (χ4n) is 4.92. The molecule has 57 heavy (non-hydrogen) atoms. The van der Waals surface area contributed by atoms with Gasteiger partial charge >= 0.3 is 109 Å². The number of anilines is 4. The molecule has 0 saturated carbocycles. The molecule has 13 nitrogen and oxygen atoms in total. The van der Waals surface area contributed by atoms with Crippen molar-refractivity contribution < 1.29 is 138 Å². The number of nitrogens with one attached hydrogen (secondary N) is 4. The van der Waals surface area contributed by atoms with Crippen molar-refractivity contribution in [2.45, 2.75) is 13.8 Å². The van der Waals surface area contributed by atoms with E-state index in [9.17, 15) is 8.78 Å². The molecule has 0 fully saturated rings. The van der Waals surface area contributed by atoms with Crippen LogP contribution in [0.15, 0.2) is 122 Å². The van der Waals surface area contributed by atoms with Crippen LogP contribution in [0, 0.1) is 25.5 Å². The third-order valence-electron chi connectivity index (χ3n) is 7.20. The average Bonchev–Trinajstić information content (AvgIpc) is 3.74. The van der Waals surface area contributed by atoms with Crippen LogP contribution in [0.3, 0.4) is 0 Å². The second-order valence-corrected chi connectivity index (χ2v) is 11.8. The number of hydrogen-bond donors (Lipinski definition) is 5. The first-order valence-corrected chi connectivity index (χ1v) is 16.6. The predicted molar refractivity (Wildman–Crippen MR) is 205 cm³/mol. The van der Waals surface area contributed by atoms with Crippen molar-refractivity contribution in [1.29, 1.82) is 0 Å². The quantitative estimate of drug-likeness (QED) is 0.0523. The van der Waals surface area contributed by atoms with Crippen molar-refractivity contribution >= 4 is 62.9 Å². The third kappa shape index (κ3) is 15.8. The Labute approximate surface area is 416 Å². The summed E-state index contributed by atoms with van der Waals surface area (Å²) < 4.78 is 30.5. The molecule has 0 aliphatic carbocycles. The Morgan fingerprint density at radius 3 is 1.67 bits per heavy atom. The Hall–Kier alpha value is -3.83. The molecule has 0 bridgehead atoms. The largest absolute Gasteiger partial charge is 1.00 e. The van der Waals surface area contributed by atoms with Gasteiger partial charge in [0.05, 0.1) is 0 Å². The molecule has 4 heterocycles. The smallest absolute Gasteiger partial charge is 1.00 e. The summed E-state index contributed by atoms with van der Waals surface area (Å²) in [6, 6.07) is 30.8. The minimum Gasteiger partial charge on any atom is -1.00 e. The van der Waals surface area contributed by atoms with Crippen molar-refractivity contribution in [3.05, 3.63) is 150 Å². The molecular formula is C39H33ClF2K2N8O5. The van der Waals surface area contributed by atoms with Gasteiger partial charge in [-0.25, -0.2) is 23.7 Å². The number of phenolic OH excluding ortho intramolecular Hbond substituents is 1. The van der Waals surface area contributed by atoms with Crippen LogP contribution < -0.4 is 123 Å². The number of halogens is 3. The van der Waals surface area contributed by atoms with Crippen LogP contribution in [0.2, 0.25) is 5.28 Å². The molecule has 18 heteroatoms. The summed E-state index contributed by atoms with van der Waals surface area (Å²) in [5.74, 6) is 1.20. The van der Waals surface area contributed by atoms with E-state index >= 15 is 0 Å². The van der Waals surface area contributed by atoms with Crippen LogP contribution in [0.1, 0.15) is 12.8 Å². The zero-order valence-corrected chi connectivity index (χ0v) is 38.1. The number of nitrogens with zero attached hydrogens (tertiary/aromatic N) is 4. The van der Waals surface area contributed by atoms with Gasteiger partial charge in [0.15, 0.2) is 0 Å². The van der Waals surface area contributed by atoms with E-state index < -0.39 is 0 Å². The van der Waals surface area contributed by atoms with E-state index in [1.54, 1.807) is 24.5 Å². The van der Waals surface area contributed by atoms with Gasteiger partial charge in [-0.1, -0.05) is 0 Å². The molecular weight excluding hydrogens is 812 g/mol. The predicted octanol–water partition coefficient (Wildman–Crippen LogP) is 2.69. The van der Waals surface area contributed by atoms with Crippen molar-refractivity contribution in [3.8, 4) is 17.5 Å². The minimum atomic E-state index is -0.331. The molecule has 0 radical (unpaired) electrons. The first kappa shape index (κ1) is 47.5. The molecule has 0 aliphatic rings. The first-order valence-electron chi connectivity index (χ1n) is 16.2. The van der Waals surface area contributed by atoms with Crippen LogP contribution in [0.4, 0.5) is 31.8 Å². The van der Waals surface area contributed by atoms with Crippen LogP contribution in [0.5, 0.6) is 17.5 Å². The Morgan fingerprint density at radius 2 is 1.19 bits per heavy atom. The van der Waals surface area contributed by atoms with Crippen LogP contribution in [-0.4, -0.2) is 41.5 Å². The summed E-state index contributed by atoms with van der Waals surface area (Å²) in [5.41, 5.74) is 6.36. The number of aryl methyl sites for hydroxylation is 2. The number of aromatic nitrogens is 6. The number of aromatic hydroxyl groups is 1. The van der Waals surface area contributed by atoms with Crippen molar-refractivity contribution in [1.82, 2.24) is 29.9 Å². The first-order chi connectivity index (χ1) is 26.6. The van der Waals surface area contributed by atoms with Gasteiger partial charge in [0.25, 0.3) is 6.47 Å². The Bertz CT molecular complexity index is 2460. The van der Waals surface area contributed by atoms with Gasteiger partial charge in [0.2, 0.25) is 5.28 Å². The maximum Gasteiger partial charge on any atom is 1.00 e. The van der Waals surface area contributed by atoms with Crippen LogP contribution in [-0.2, 0) is 9.68 Å². The Balaban J connectivity index is 0.000000308. The summed E-state index contributed by atoms with van der Waals surface area (Å²) in [4.78, 5) is 34.2. The van der Waals surface area contributed by atoms with E-state index in [4.69, 9.17) is 31.5 Å². The standard InChI is InChI=1S/C19H15FN4O.C13H11ClN4.C6H5FO.CH2O3.2K.H/c1-12-10-13-11-15(4-7-17(13)22-12)23-18-8-9-21-19(24-18)25-16-5-2-14(20)3-6-16;1-8-6-9-7-10(2-3-11(9)16-8)17-12-4-5-15-13(14)18-12;7-5-1-3-6(8)4-2-5;2-1-4-3;;;/h2-11,22H,1H3,(H,21,23,24);2-7,16H,1H3,(H,15,17,18);1-4,8H;1,3H;;;/q;;;;2*+1;-1/p-1. The van der Waals surface area contributed by atoms with E-state index in [1.807, 2.05) is 44.2 Å². The minimum absolute atomic E-state index is 0. The number of aromatic amines is 2. The van der Waals surface area contributed by atoms with Gasteiger partial charge < -0.3 is 42.0 Å². The molecule has 0 atom stereocenters. The van der Waals surface area contributed by atoms with Crippen molar-refractivity contribution in [2.24, 2.45) is 0 Å². The molecule has 4 aromatic carbocycles. The fraction of sp³-hybridized carbons (Fsp3) is 0.0513. The summed E-state index contributed by atoms with van der Waals surface area (Å²) >= 11 is 5.74. The SMILES string of the molecule is Cc1cc2cc(Nc3ccnc(Cl)n3)ccc2[nH]1.Cc1cc2cc(Nc3ccnc(Oc4ccc(F)cc4)n3)ccc2[nH]1.O=CO[O-].Oc1ccc(F)cc1.[H-].[K+].[K+]. The zero-order chi connectivity index (χ0) is 39.2. The number of phenols is 1. The number of hydrogen-bond acceptors (Lipinski definition) is 11. The Morgan fingerprint density at radius 1 is 0.719 bits per heavy atom. The molecule has 8 rings (SSSR count). The number of rotatable bonds is 7. The molecule has 4 aromatic heterocycles. The summed E-state index contributed by atoms with van der Waals surface area (Å²) in [7, 11) is 0. The molecule has 0 saturated heterocycles. The second-order valence-electron chi connectivity index (χ2n) is 11.4. The molecule has 0 spiro atoms. The average molecular weight is 845 g/mol. The van der Waals surface area contributed by atoms with Crippen molar-refractivity contribution in [3.63, 3.8) is 0 Å². The maximum absolute atomic E-state index is 12.9. The molecule has 282 valence electrons. The van der Waals surface area contributed by atoms with Crippen LogP contribution in [0.25, 0.3) is 21.8 Å². The second kappa shape index (κ2) is 24.2. The van der Waals surface area contributed by atoms with E-state index in [0.717, 1.165) is 44.6 Å². The monoisotopic (exact) mass is 844 g/mol. The Kier molecular flexibility index (Phi) is 20.2. The topological polar surface area (TPSA) is 186 Å². The summed E-state index contributed by atoms with van der Waals surface area (Å²) in [6.07, 6.45) is 3.23. The number of H-pyrrole nitrogens is 2. The maximum atomic E-state index is 12.9. The number of ether oxygens (including phenoxy) is 1. The van der Waals surface area contributed by atoms with Gasteiger partial charge in [0, 0.05) is 57.0 Å². The van der Waals surface area contributed by atoms with E-state index in [2.05, 4.69) is 63.6 Å². The number of carbonyl (C=O) groups excluding carboxylic acids is 1. The van der Waals surface area contributed by atoms with Crippen molar-refractivity contribution in [2.75, 3.05) is 10.6 Å². The molecule has 5 N–H and O–H groups in total. The van der Waals surface area contributed by atoms with E-state index in [0.29, 0.717) is 17.4 Å². The number of fused-ring (bicyclic) bond motifs is 2. The van der Waals surface area contributed by atoms with Gasteiger partial charge in [0.1, 0.15) is 34.8 Å².